The van der Waals surface area contributed by atoms with Crippen molar-refractivity contribution in [2.75, 3.05) is 6.54 Å². The standard InChI is InChI=1S/C8H7N.C7H17N/c1-2-4-8-7(3-1)5-6-9-8;1-2-3-4-5-6-7-8/h1-6,9H;2-8H2,1H3. The molecule has 1 aromatic carbocycles. The molecule has 1 heterocycles. The average Bonchev–Trinajstić information content (AvgIpc) is 2.84. The van der Waals surface area contributed by atoms with E-state index in [2.05, 4.69) is 30.1 Å². The van der Waals surface area contributed by atoms with E-state index < -0.39 is 0 Å². The predicted octanol–water partition coefficient (Wildman–Crippen LogP) is 4.08. The Kier molecular flexibility index (Phi) is 7.15. The van der Waals surface area contributed by atoms with Gasteiger partial charge in [0.05, 0.1) is 0 Å². The molecule has 0 aliphatic carbocycles. The molecule has 2 rings (SSSR count). The van der Waals surface area contributed by atoms with Crippen LogP contribution >= 0.6 is 0 Å². The van der Waals surface area contributed by atoms with Crippen LogP contribution in [0.5, 0.6) is 0 Å². The van der Waals surface area contributed by atoms with Crippen LogP contribution in [0, 0.1) is 0 Å². The molecule has 0 atom stereocenters. The summed E-state index contributed by atoms with van der Waals surface area (Å²) in [5.41, 5.74) is 6.52. The molecule has 1 aromatic heterocycles. The van der Waals surface area contributed by atoms with Crippen molar-refractivity contribution in [3.05, 3.63) is 36.5 Å². The zero-order valence-corrected chi connectivity index (χ0v) is 10.8. The molecule has 3 N–H and O–H groups in total. The van der Waals surface area contributed by atoms with Crippen molar-refractivity contribution >= 4 is 10.9 Å². The highest BCUT2D eigenvalue weighted by molar-refractivity contribution is 5.78. The van der Waals surface area contributed by atoms with Gasteiger partial charge in [0.25, 0.3) is 0 Å². The summed E-state index contributed by atoms with van der Waals surface area (Å²) in [7, 11) is 0. The minimum absolute atomic E-state index is 0.865. The summed E-state index contributed by atoms with van der Waals surface area (Å²) in [6, 6.07) is 10.3. The van der Waals surface area contributed by atoms with Gasteiger partial charge in [0.15, 0.2) is 0 Å². The summed E-state index contributed by atoms with van der Waals surface area (Å²) in [5, 5.41) is 1.28. The number of hydrogen-bond acceptors (Lipinski definition) is 1. The first-order chi connectivity index (χ1) is 8.38. The van der Waals surface area contributed by atoms with Gasteiger partial charge in [-0.3, -0.25) is 0 Å². The molecule has 0 unspecified atom stereocenters. The third kappa shape index (κ3) is 5.55. The van der Waals surface area contributed by atoms with Crippen LogP contribution in [0.25, 0.3) is 10.9 Å². The summed E-state index contributed by atoms with van der Waals surface area (Å²) in [4.78, 5) is 3.12. The third-order valence-electron chi connectivity index (χ3n) is 2.77. The Bertz CT molecular complexity index is 356. The monoisotopic (exact) mass is 232 g/mol. The first kappa shape index (κ1) is 13.8. The van der Waals surface area contributed by atoms with Crippen LogP contribution in [0.4, 0.5) is 0 Å². The molecule has 0 radical (unpaired) electrons. The fourth-order valence-corrected chi connectivity index (χ4v) is 1.74. The smallest absolute Gasteiger partial charge is 0.0453 e. The highest BCUT2D eigenvalue weighted by Crippen LogP contribution is 2.09. The molecular weight excluding hydrogens is 208 g/mol. The molecule has 0 saturated carbocycles. The van der Waals surface area contributed by atoms with Gasteiger partial charge in [-0.1, -0.05) is 50.8 Å². The quantitative estimate of drug-likeness (QED) is 0.749. The Morgan fingerprint density at radius 1 is 1.00 bits per heavy atom. The maximum Gasteiger partial charge on any atom is 0.0453 e. The second-order valence-electron chi connectivity index (χ2n) is 4.27. The van der Waals surface area contributed by atoms with Gasteiger partial charge >= 0.3 is 0 Å². The lowest BCUT2D eigenvalue weighted by Crippen LogP contribution is -1.97. The van der Waals surface area contributed by atoms with E-state index in [1.165, 1.54) is 43.0 Å². The molecule has 0 spiro atoms. The lowest BCUT2D eigenvalue weighted by Gasteiger charge is -1.93. The van der Waals surface area contributed by atoms with Crippen LogP contribution in [0.3, 0.4) is 0 Å². The van der Waals surface area contributed by atoms with Crippen LogP contribution in [0.2, 0.25) is 0 Å². The molecule has 0 fully saturated rings. The Labute approximate surface area is 104 Å². The number of H-pyrrole nitrogens is 1. The number of aromatic nitrogens is 1. The molecule has 0 amide bonds. The van der Waals surface area contributed by atoms with Crippen molar-refractivity contribution in [2.45, 2.75) is 39.0 Å². The van der Waals surface area contributed by atoms with Gasteiger partial charge in [-0.05, 0) is 30.5 Å². The van der Waals surface area contributed by atoms with E-state index in [-0.39, 0.29) is 0 Å². The second-order valence-corrected chi connectivity index (χ2v) is 4.27. The fourth-order valence-electron chi connectivity index (χ4n) is 1.74. The number of para-hydroxylation sites is 1. The molecule has 2 aromatic rings. The Balaban J connectivity index is 0.000000172. The van der Waals surface area contributed by atoms with E-state index in [0.717, 1.165) is 6.54 Å². The number of rotatable bonds is 5. The molecular formula is C15H24N2. The van der Waals surface area contributed by atoms with Crippen LogP contribution in [-0.2, 0) is 0 Å². The minimum atomic E-state index is 0.865. The average molecular weight is 232 g/mol. The van der Waals surface area contributed by atoms with Gasteiger partial charge in [-0.15, -0.1) is 0 Å². The van der Waals surface area contributed by atoms with E-state index in [9.17, 15) is 0 Å². The molecule has 0 saturated heterocycles. The number of hydrogen-bond donors (Lipinski definition) is 2. The van der Waals surface area contributed by atoms with Crippen molar-refractivity contribution in [2.24, 2.45) is 5.73 Å². The number of unbranched alkanes of at least 4 members (excludes halogenated alkanes) is 4. The lowest BCUT2D eigenvalue weighted by molar-refractivity contribution is 0.638. The topological polar surface area (TPSA) is 41.8 Å². The van der Waals surface area contributed by atoms with Crippen molar-refractivity contribution in [3.8, 4) is 0 Å². The second kappa shape index (κ2) is 8.82. The van der Waals surface area contributed by atoms with Gasteiger partial charge in [-0.25, -0.2) is 0 Å². The molecule has 2 nitrogen and oxygen atoms in total. The zero-order chi connectivity index (χ0) is 12.3. The van der Waals surface area contributed by atoms with E-state index in [1.807, 2.05) is 18.3 Å². The predicted molar refractivity (Wildman–Crippen MR) is 76.1 cm³/mol. The zero-order valence-electron chi connectivity index (χ0n) is 10.8. The maximum atomic E-state index is 5.31. The SMILES string of the molecule is CCCCCCCN.c1ccc2[nH]ccc2c1. The highest BCUT2D eigenvalue weighted by Gasteiger charge is 1.86. The summed E-state index contributed by atoms with van der Waals surface area (Å²) < 4.78 is 0. The van der Waals surface area contributed by atoms with Crippen molar-refractivity contribution in [3.63, 3.8) is 0 Å². The number of benzene rings is 1. The van der Waals surface area contributed by atoms with Crippen molar-refractivity contribution in [1.82, 2.24) is 4.98 Å². The van der Waals surface area contributed by atoms with Gasteiger partial charge in [0.2, 0.25) is 0 Å². The van der Waals surface area contributed by atoms with E-state index in [0.29, 0.717) is 0 Å². The van der Waals surface area contributed by atoms with Gasteiger partial charge in [0.1, 0.15) is 0 Å². The summed E-state index contributed by atoms with van der Waals surface area (Å²) in [5.74, 6) is 0. The minimum Gasteiger partial charge on any atom is -0.361 e. The van der Waals surface area contributed by atoms with Crippen molar-refractivity contribution in [1.29, 1.82) is 0 Å². The van der Waals surface area contributed by atoms with E-state index in [1.54, 1.807) is 0 Å². The van der Waals surface area contributed by atoms with Crippen LogP contribution in [0.1, 0.15) is 39.0 Å². The van der Waals surface area contributed by atoms with Gasteiger partial charge < -0.3 is 10.7 Å². The molecule has 2 heteroatoms. The van der Waals surface area contributed by atoms with Crippen molar-refractivity contribution < 1.29 is 0 Å². The number of aromatic amines is 1. The number of nitrogens with one attached hydrogen (secondary N) is 1. The fraction of sp³-hybridized carbons (Fsp3) is 0.467. The normalized spacial score (nSPS) is 10.0. The largest absolute Gasteiger partial charge is 0.361 e. The van der Waals surface area contributed by atoms with Crippen LogP contribution in [-0.4, -0.2) is 11.5 Å². The van der Waals surface area contributed by atoms with E-state index >= 15 is 0 Å². The molecule has 0 aliphatic heterocycles. The molecule has 0 bridgehead atoms. The maximum absolute atomic E-state index is 5.31. The summed E-state index contributed by atoms with van der Waals surface area (Å²) in [6.07, 6.45) is 8.55. The van der Waals surface area contributed by atoms with Gasteiger partial charge in [-0.2, -0.15) is 0 Å². The Hall–Kier alpha value is -1.28. The first-order valence-corrected chi connectivity index (χ1v) is 6.60. The Morgan fingerprint density at radius 2 is 1.76 bits per heavy atom. The molecule has 17 heavy (non-hydrogen) atoms. The van der Waals surface area contributed by atoms with Gasteiger partial charge in [0, 0.05) is 11.7 Å². The summed E-state index contributed by atoms with van der Waals surface area (Å²) >= 11 is 0. The van der Waals surface area contributed by atoms with Crippen LogP contribution < -0.4 is 5.73 Å². The number of fused-ring (bicyclic) bond motifs is 1. The molecule has 0 aliphatic rings. The summed E-state index contributed by atoms with van der Waals surface area (Å²) in [6.45, 7) is 3.09. The highest BCUT2D eigenvalue weighted by atomic mass is 14.7. The molecule has 94 valence electrons. The lowest BCUT2D eigenvalue weighted by atomic mass is 10.2. The van der Waals surface area contributed by atoms with E-state index in [4.69, 9.17) is 5.73 Å². The number of nitrogens with two attached hydrogens (primary N) is 1. The third-order valence-corrected chi connectivity index (χ3v) is 2.77. The first-order valence-electron chi connectivity index (χ1n) is 6.60. The Morgan fingerprint density at radius 3 is 2.47 bits per heavy atom. The van der Waals surface area contributed by atoms with Crippen LogP contribution in [0.15, 0.2) is 36.5 Å².